The van der Waals surface area contributed by atoms with Crippen molar-refractivity contribution in [2.75, 3.05) is 79.3 Å². The van der Waals surface area contributed by atoms with E-state index in [1.807, 2.05) is 27.7 Å². The molecule has 29 heavy (non-hydrogen) atoms. The predicted octanol–water partition coefficient (Wildman–Crippen LogP) is 0.836. The molecule has 0 aromatic rings. The van der Waals surface area contributed by atoms with E-state index in [0.29, 0.717) is 66.1 Å². The summed E-state index contributed by atoms with van der Waals surface area (Å²) in [5.41, 5.74) is 0. The highest BCUT2D eigenvalue weighted by Crippen LogP contribution is 1.94. The molecule has 0 saturated carbocycles. The number of carbonyl (C=O) groups is 2. The molecule has 9 heteroatoms. The van der Waals surface area contributed by atoms with E-state index >= 15 is 0 Å². The van der Waals surface area contributed by atoms with Gasteiger partial charge in [-0.25, -0.2) is 0 Å². The normalized spacial score (nSPS) is 11.4. The number of ether oxygens (including phenoxy) is 6. The van der Waals surface area contributed by atoms with E-state index in [-0.39, 0.29) is 36.9 Å². The number of rotatable bonds is 21. The average molecular weight is 422 g/mol. The number of ketones is 1. The van der Waals surface area contributed by atoms with Crippen molar-refractivity contribution in [2.45, 2.75) is 33.7 Å². The SMILES string of the molecule is CC(C)NC(=O)COCCOCCOCCOCCOCCOCC(=O)C(C)C. The Morgan fingerprint density at radius 2 is 0.931 bits per heavy atom. The number of Topliss-reactive ketones (excluding diaryl/α,β-unsaturated/α-hetero) is 1. The zero-order valence-corrected chi connectivity index (χ0v) is 18.4. The van der Waals surface area contributed by atoms with Crippen molar-refractivity contribution in [3.8, 4) is 0 Å². The Balaban J connectivity index is 3.14. The molecule has 0 saturated heterocycles. The Hall–Kier alpha value is -1.10. The Morgan fingerprint density at radius 1 is 0.586 bits per heavy atom. The number of hydrogen-bond acceptors (Lipinski definition) is 8. The number of amides is 1. The molecular weight excluding hydrogens is 382 g/mol. The van der Waals surface area contributed by atoms with E-state index in [2.05, 4.69) is 5.32 Å². The van der Waals surface area contributed by atoms with E-state index < -0.39 is 0 Å². The molecule has 0 aromatic heterocycles. The van der Waals surface area contributed by atoms with Crippen LogP contribution in [0.1, 0.15) is 27.7 Å². The standard InChI is InChI=1S/C20H39NO8/c1-17(2)19(22)15-28-13-11-26-9-7-24-5-6-25-8-10-27-12-14-29-16-20(23)21-18(3)4/h17-18H,5-16H2,1-4H3,(H,21,23). The first kappa shape index (κ1) is 27.9. The van der Waals surface area contributed by atoms with Crippen molar-refractivity contribution in [3.63, 3.8) is 0 Å². The maximum absolute atomic E-state index is 11.3. The summed E-state index contributed by atoms with van der Waals surface area (Å²) in [5, 5.41) is 2.74. The van der Waals surface area contributed by atoms with E-state index in [9.17, 15) is 9.59 Å². The van der Waals surface area contributed by atoms with E-state index in [1.54, 1.807) is 0 Å². The van der Waals surface area contributed by atoms with Crippen LogP contribution in [0.2, 0.25) is 0 Å². The molecule has 0 radical (unpaired) electrons. The van der Waals surface area contributed by atoms with Crippen LogP contribution in [0.5, 0.6) is 0 Å². The molecular formula is C20H39NO8. The molecule has 1 amide bonds. The van der Waals surface area contributed by atoms with Gasteiger partial charge in [0.15, 0.2) is 5.78 Å². The van der Waals surface area contributed by atoms with Crippen LogP contribution in [0.4, 0.5) is 0 Å². The molecule has 0 rings (SSSR count). The largest absolute Gasteiger partial charge is 0.377 e. The topological polar surface area (TPSA) is 102 Å². The molecule has 0 aromatic carbocycles. The average Bonchev–Trinajstić information content (AvgIpc) is 2.66. The second kappa shape index (κ2) is 20.2. The van der Waals surface area contributed by atoms with Gasteiger partial charge in [0.05, 0.1) is 66.1 Å². The van der Waals surface area contributed by atoms with Crippen LogP contribution in [-0.2, 0) is 38.0 Å². The third-order valence-electron chi connectivity index (χ3n) is 3.43. The number of nitrogens with one attached hydrogen (secondary N) is 1. The molecule has 0 atom stereocenters. The van der Waals surface area contributed by atoms with Gasteiger partial charge in [-0.3, -0.25) is 9.59 Å². The van der Waals surface area contributed by atoms with E-state index in [4.69, 9.17) is 28.4 Å². The van der Waals surface area contributed by atoms with Crippen LogP contribution in [0.15, 0.2) is 0 Å². The summed E-state index contributed by atoms with van der Waals surface area (Å²) in [6, 6.07) is 0.114. The number of carbonyl (C=O) groups excluding carboxylic acids is 2. The van der Waals surface area contributed by atoms with Crippen LogP contribution >= 0.6 is 0 Å². The molecule has 0 aliphatic rings. The van der Waals surface area contributed by atoms with Crippen molar-refractivity contribution in [2.24, 2.45) is 5.92 Å². The minimum atomic E-state index is -0.125. The lowest BCUT2D eigenvalue weighted by molar-refractivity contribution is -0.127. The molecule has 9 nitrogen and oxygen atoms in total. The molecule has 0 unspecified atom stereocenters. The fraction of sp³-hybridized carbons (Fsp3) is 0.900. The summed E-state index contributed by atoms with van der Waals surface area (Å²) >= 11 is 0. The van der Waals surface area contributed by atoms with Crippen LogP contribution in [0.3, 0.4) is 0 Å². The maximum Gasteiger partial charge on any atom is 0.246 e. The molecule has 0 bridgehead atoms. The Labute approximate surface area is 174 Å². The van der Waals surface area contributed by atoms with Gasteiger partial charge in [0.1, 0.15) is 13.2 Å². The summed E-state index contributed by atoms with van der Waals surface area (Å²) in [6.07, 6.45) is 0. The lowest BCUT2D eigenvalue weighted by Gasteiger charge is -2.09. The van der Waals surface area contributed by atoms with Crippen molar-refractivity contribution < 1.29 is 38.0 Å². The highest BCUT2D eigenvalue weighted by atomic mass is 16.6. The molecule has 0 heterocycles. The lowest BCUT2D eigenvalue weighted by atomic mass is 10.1. The first-order valence-electron chi connectivity index (χ1n) is 10.2. The Morgan fingerprint density at radius 3 is 1.28 bits per heavy atom. The molecule has 172 valence electrons. The summed E-state index contributed by atoms with van der Waals surface area (Å²) in [7, 11) is 0. The first-order valence-corrected chi connectivity index (χ1v) is 10.2. The van der Waals surface area contributed by atoms with Gasteiger partial charge in [-0.15, -0.1) is 0 Å². The predicted molar refractivity (Wildman–Crippen MR) is 108 cm³/mol. The maximum atomic E-state index is 11.3. The minimum Gasteiger partial charge on any atom is -0.377 e. The molecule has 0 aliphatic heterocycles. The van der Waals surface area contributed by atoms with Gasteiger partial charge in [-0.05, 0) is 13.8 Å². The third kappa shape index (κ3) is 21.4. The Bertz CT molecular complexity index is 404. The molecule has 0 aliphatic carbocycles. The van der Waals surface area contributed by atoms with Gasteiger partial charge in [-0.2, -0.15) is 0 Å². The van der Waals surface area contributed by atoms with Gasteiger partial charge in [-0.1, -0.05) is 13.8 Å². The van der Waals surface area contributed by atoms with Gasteiger partial charge < -0.3 is 33.7 Å². The van der Waals surface area contributed by atoms with Crippen LogP contribution in [0.25, 0.3) is 0 Å². The van der Waals surface area contributed by atoms with Crippen LogP contribution in [-0.4, -0.2) is 97.0 Å². The zero-order valence-electron chi connectivity index (χ0n) is 18.4. The monoisotopic (exact) mass is 421 g/mol. The van der Waals surface area contributed by atoms with Crippen molar-refractivity contribution >= 4 is 11.7 Å². The van der Waals surface area contributed by atoms with Crippen molar-refractivity contribution in [1.29, 1.82) is 0 Å². The van der Waals surface area contributed by atoms with Gasteiger partial charge >= 0.3 is 0 Å². The smallest absolute Gasteiger partial charge is 0.246 e. The molecule has 1 N–H and O–H groups in total. The van der Waals surface area contributed by atoms with E-state index in [0.717, 1.165) is 0 Å². The Kier molecular flexibility index (Phi) is 19.4. The summed E-state index contributed by atoms with van der Waals surface area (Å²) < 4.78 is 31.9. The van der Waals surface area contributed by atoms with Crippen molar-refractivity contribution in [3.05, 3.63) is 0 Å². The fourth-order valence-corrected chi connectivity index (χ4v) is 1.87. The second-order valence-electron chi connectivity index (χ2n) is 6.90. The summed E-state index contributed by atoms with van der Waals surface area (Å²) in [6.45, 7) is 12.2. The summed E-state index contributed by atoms with van der Waals surface area (Å²) in [5.74, 6) is -0.0281. The quantitative estimate of drug-likeness (QED) is 0.272. The van der Waals surface area contributed by atoms with Gasteiger partial charge in [0.2, 0.25) is 5.91 Å². The van der Waals surface area contributed by atoms with Crippen LogP contribution < -0.4 is 5.32 Å². The van der Waals surface area contributed by atoms with Gasteiger partial charge in [0, 0.05) is 12.0 Å². The zero-order chi connectivity index (χ0) is 21.7. The summed E-state index contributed by atoms with van der Waals surface area (Å²) in [4.78, 5) is 22.7. The minimum absolute atomic E-state index is 0.00115. The molecule has 0 fully saturated rings. The highest BCUT2D eigenvalue weighted by Gasteiger charge is 2.06. The van der Waals surface area contributed by atoms with Gasteiger partial charge in [0.25, 0.3) is 0 Å². The third-order valence-corrected chi connectivity index (χ3v) is 3.43. The van der Waals surface area contributed by atoms with Crippen LogP contribution in [0, 0.1) is 5.92 Å². The molecule has 0 spiro atoms. The van der Waals surface area contributed by atoms with E-state index in [1.165, 1.54) is 0 Å². The fourth-order valence-electron chi connectivity index (χ4n) is 1.87. The highest BCUT2D eigenvalue weighted by molar-refractivity contribution is 5.81. The first-order chi connectivity index (χ1) is 13.9. The lowest BCUT2D eigenvalue weighted by Crippen LogP contribution is -2.33. The second-order valence-corrected chi connectivity index (χ2v) is 6.90. The number of hydrogen-bond donors (Lipinski definition) is 1. The van der Waals surface area contributed by atoms with Crippen molar-refractivity contribution in [1.82, 2.24) is 5.32 Å².